The fraction of sp³-hybridized carbons (Fsp3) is 0.588. The SMILES string of the molecule is CCCCCCCCO.N[C@@H](Cc1ccccc1)C(=O)O. The van der Waals surface area contributed by atoms with Gasteiger partial charge in [0, 0.05) is 6.61 Å². The number of rotatable bonds is 9. The van der Waals surface area contributed by atoms with E-state index in [0.29, 0.717) is 13.0 Å². The van der Waals surface area contributed by atoms with E-state index in [0.717, 1.165) is 12.0 Å². The highest BCUT2D eigenvalue weighted by molar-refractivity contribution is 5.73. The van der Waals surface area contributed by atoms with Crippen molar-refractivity contribution in [3.8, 4) is 0 Å². The Morgan fingerprint density at radius 1 is 1.10 bits per heavy atom. The highest BCUT2D eigenvalue weighted by Crippen LogP contribution is 2.03. The summed E-state index contributed by atoms with van der Waals surface area (Å²) < 4.78 is 0. The van der Waals surface area contributed by atoms with Gasteiger partial charge < -0.3 is 15.9 Å². The molecule has 0 bridgehead atoms. The van der Waals surface area contributed by atoms with Gasteiger partial charge in [0.1, 0.15) is 6.04 Å². The summed E-state index contributed by atoms with van der Waals surface area (Å²) in [5.41, 5.74) is 6.30. The van der Waals surface area contributed by atoms with E-state index in [9.17, 15) is 4.79 Å². The zero-order valence-corrected chi connectivity index (χ0v) is 13.0. The van der Waals surface area contributed by atoms with Crippen molar-refractivity contribution >= 4 is 5.97 Å². The predicted molar refractivity (Wildman–Crippen MR) is 86.2 cm³/mol. The van der Waals surface area contributed by atoms with Crippen LogP contribution in [-0.2, 0) is 11.2 Å². The van der Waals surface area contributed by atoms with Crippen molar-refractivity contribution in [3.05, 3.63) is 35.9 Å². The minimum Gasteiger partial charge on any atom is -0.480 e. The molecule has 0 heterocycles. The summed E-state index contributed by atoms with van der Waals surface area (Å²) in [6.45, 7) is 2.58. The van der Waals surface area contributed by atoms with Crippen LogP contribution in [0.15, 0.2) is 30.3 Å². The maximum Gasteiger partial charge on any atom is 0.320 e. The fourth-order valence-corrected chi connectivity index (χ4v) is 1.85. The molecule has 1 atom stereocenters. The van der Waals surface area contributed by atoms with Crippen molar-refractivity contribution in [3.63, 3.8) is 0 Å². The molecule has 0 radical (unpaired) electrons. The molecule has 4 nitrogen and oxygen atoms in total. The Morgan fingerprint density at radius 2 is 1.67 bits per heavy atom. The lowest BCUT2D eigenvalue weighted by molar-refractivity contribution is -0.138. The molecule has 1 rings (SSSR count). The average Bonchev–Trinajstić information content (AvgIpc) is 2.49. The molecule has 0 aliphatic carbocycles. The van der Waals surface area contributed by atoms with Gasteiger partial charge in [-0.25, -0.2) is 0 Å². The number of benzene rings is 1. The maximum absolute atomic E-state index is 10.4. The summed E-state index contributed by atoms with van der Waals surface area (Å²) in [4.78, 5) is 10.4. The van der Waals surface area contributed by atoms with E-state index in [1.807, 2.05) is 30.3 Å². The Balaban J connectivity index is 0.000000400. The first-order chi connectivity index (χ1) is 10.1. The molecule has 0 aliphatic heterocycles. The Hall–Kier alpha value is -1.39. The number of nitrogens with two attached hydrogens (primary N) is 1. The van der Waals surface area contributed by atoms with Crippen molar-refractivity contribution < 1.29 is 15.0 Å². The Bertz CT molecular complexity index is 348. The van der Waals surface area contributed by atoms with Gasteiger partial charge in [-0.2, -0.15) is 0 Å². The molecule has 120 valence electrons. The molecule has 0 saturated carbocycles. The highest BCUT2D eigenvalue weighted by Gasteiger charge is 2.10. The third-order valence-electron chi connectivity index (χ3n) is 3.13. The number of aliphatic hydroxyl groups excluding tert-OH is 1. The van der Waals surface area contributed by atoms with Crippen LogP contribution in [0.4, 0.5) is 0 Å². The molecular weight excluding hydrogens is 266 g/mol. The first kappa shape index (κ1) is 19.6. The van der Waals surface area contributed by atoms with Gasteiger partial charge >= 0.3 is 5.97 Å². The second kappa shape index (κ2) is 13.6. The smallest absolute Gasteiger partial charge is 0.320 e. The van der Waals surface area contributed by atoms with E-state index < -0.39 is 12.0 Å². The number of hydrogen-bond donors (Lipinski definition) is 3. The van der Waals surface area contributed by atoms with Crippen LogP contribution in [0.5, 0.6) is 0 Å². The van der Waals surface area contributed by atoms with Crippen LogP contribution < -0.4 is 5.73 Å². The van der Waals surface area contributed by atoms with Gasteiger partial charge in [0.2, 0.25) is 0 Å². The van der Waals surface area contributed by atoms with Gasteiger partial charge in [0.05, 0.1) is 0 Å². The first-order valence-electron chi connectivity index (χ1n) is 7.75. The number of carbonyl (C=O) groups is 1. The van der Waals surface area contributed by atoms with Crippen LogP contribution in [0, 0.1) is 0 Å². The van der Waals surface area contributed by atoms with Crippen LogP contribution in [0.3, 0.4) is 0 Å². The fourth-order valence-electron chi connectivity index (χ4n) is 1.85. The molecule has 4 heteroatoms. The molecule has 0 amide bonds. The molecule has 0 saturated heterocycles. The number of unbranched alkanes of at least 4 members (excludes halogenated alkanes) is 5. The molecule has 1 aromatic rings. The molecule has 0 aromatic heterocycles. The zero-order valence-electron chi connectivity index (χ0n) is 13.0. The lowest BCUT2D eigenvalue weighted by Crippen LogP contribution is -2.32. The Kier molecular flexibility index (Phi) is 12.7. The molecule has 1 aromatic carbocycles. The van der Waals surface area contributed by atoms with Gasteiger partial charge in [0.15, 0.2) is 0 Å². The largest absolute Gasteiger partial charge is 0.480 e. The lowest BCUT2D eigenvalue weighted by Gasteiger charge is -2.04. The third-order valence-corrected chi connectivity index (χ3v) is 3.13. The Labute approximate surface area is 128 Å². The second-order valence-corrected chi connectivity index (χ2v) is 5.13. The predicted octanol–water partition coefficient (Wildman–Crippen LogP) is 2.98. The van der Waals surface area contributed by atoms with Crippen LogP contribution >= 0.6 is 0 Å². The number of carboxylic acids is 1. The minimum atomic E-state index is -0.959. The van der Waals surface area contributed by atoms with Crippen molar-refractivity contribution in [2.75, 3.05) is 6.61 Å². The topological polar surface area (TPSA) is 83.5 Å². The number of aliphatic carboxylic acids is 1. The van der Waals surface area contributed by atoms with Crippen molar-refractivity contribution in [1.82, 2.24) is 0 Å². The second-order valence-electron chi connectivity index (χ2n) is 5.13. The standard InChI is InChI=1S/C9H11NO2.C8H18O/c10-8(9(11)12)6-7-4-2-1-3-5-7;1-2-3-4-5-6-7-8-9/h1-5,8H,6,10H2,(H,11,12);9H,2-8H2,1H3/t8-;/m0./s1. The summed E-state index contributed by atoms with van der Waals surface area (Å²) in [5.74, 6) is -0.959. The van der Waals surface area contributed by atoms with E-state index in [1.54, 1.807) is 0 Å². The third kappa shape index (κ3) is 12.1. The molecule has 0 aliphatic rings. The first-order valence-corrected chi connectivity index (χ1v) is 7.75. The van der Waals surface area contributed by atoms with Crippen LogP contribution in [0.2, 0.25) is 0 Å². The van der Waals surface area contributed by atoms with Gasteiger partial charge in [-0.05, 0) is 18.4 Å². The Morgan fingerprint density at radius 3 is 2.19 bits per heavy atom. The van der Waals surface area contributed by atoms with Gasteiger partial charge in [-0.15, -0.1) is 0 Å². The summed E-state index contributed by atoms with van der Waals surface area (Å²) >= 11 is 0. The van der Waals surface area contributed by atoms with Crippen molar-refractivity contribution in [1.29, 1.82) is 0 Å². The average molecular weight is 295 g/mol. The van der Waals surface area contributed by atoms with Gasteiger partial charge in [0.25, 0.3) is 0 Å². The normalized spacial score (nSPS) is 11.4. The van der Waals surface area contributed by atoms with Crippen molar-refractivity contribution in [2.24, 2.45) is 5.73 Å². The molecule has 4 N–H and O–H groups in total. The van der Waals surface area contributed by atoms with E-state index >= 15 is 0 Å². The molecule has 0 unspecified atom stereocenters. The number of hydrogen-bond acceptors (Lipinski definition) is 3. The molecular formula is C17H29NO3. The van der Waals surface area contributed by atoms with E-state index in [4.69, 9.17) is 15.9 Å². The highest BCUT2D eigenvalue weighted by atomic mass is 16.4. The minimum absolute atomic E-state index is 0.367. The van der Waals surface area contributed by atoms with E-state index in [1.165, 1.54) is 32.1 Å². The summed E-state index contributed by atoms with van der Waals surface area (Å²) in [7, 11) is 0. The molecule has 0 fully saturated rings. The number of aliphatic hydroxyl groups is 1. The van der Waals surface area contributed by atoms with Gasteiger partial charge in [-0.1, -0.05) is 69.4 Å². The summed E-state index contributed by atoms with van der Waals surface area (Å²) in [6.07, 6.45) is 7.88. The molecule has 21 heavy (non-hydrogen) atoms. The lowest BCUT2D eigenvalue weighted by atomic mass is 10.1. The summed E-state index contributed by atoms with van der Waals surface area (Å²) in [5, 5.41) is 16.9. The van der Waals surface area contributed by atoms with Gasteiger partial charge in [-0.3, -0.25) is 4.79 Å². The van der Waals surface area contributed by atoms with E-state index in [2.05, 4.69) is 6.92 Å². The summed E-state index contributed by atoms with van der Waals surface area (Å²) in [6, 6.07) is 8.54. The molecule has 0 spiro atoms. The monoisotopic (exact) mass is 295 g/mol. The quantitative estimate of drug-likeness (QED) is 0.612. The van der Waals surface area contributed by atoms with Crippen molar-refractivity contribution in [2.45, 2.75) is 57.9 Å². The van der Waals surface area contributed by atoms with Crippen LogP contribution in [0.1, 0.15) is 51.0 Å². The zero-order chi connectivity index (χ0) is 15.9. The number of carboxylic acid groups (broad SMARTS) is 1. The maximum atomic E-state index is 10.4. The van der Waals surface area contributed by atoms with Crippen LogP contribution in [-0.4, -0.2) is 28.8 Å². The van der Waals surface area contributed by atoms with Crippen LogP contribution in [0.25, 0.3) is 0 Å². The van der Waals surface area contributed by atoms with E-state index in [-0.39, 0.29) is 0 Å².